The zero-order valence-electron chi connectivity index (χ0n) is 20.6. The molecular formula is C28H26N2O7. The second-order valence-electron chi connectivity index (χ2n) is 8.16. The van der Waals surface area contributed by atoms with Gasteiger partial charge in [-0.3, -0.25) is 24.3 Å². The van der Waals surface area contributed by atoms with Crippen molar-refractivity contribution >= 4 is 29.1 Å². The maximum absolute atomic E-state index is 13.4. The highest BCUT2D eigenvalue weighted by Gasteiger charge is 2.47. The van der Waals surface area contributed by atoms with Crippen LogP contribution in [0.25, 0.3) is 5.76 Å². The summed E-state index contributed by atoms with van der Waals surface area (Å²) < 4.78 is 15.7. The molecule has 1 fully saturated rings. The van der Waals surface area contributed by atoms with Crippen molar-refractivity contribution in [3.8, 4) is 11.5 Å². The minimum atomic E-state index is -0.935. The van der Waals surface area contributed by atoms with Crippen LogP contribution in [-0.2, 0) is 25.5 Å². The molecular weight excluding hydrogens is 476 g/mol. The SMILES string of the molecule is CCOC(=O)Cc1ccc(N2C(=O)C(=O)/C(=C(/O)c3cc(OC)ccc3OC)C2c2ccncc2)cc1. The van der Waals surface area contributed by atoms with Crippen molar-refractivity contribution in [3.05, 3.63) is 89.3 Å². The monoisotopic (exact) mass is 502 g/mol. The molecule has 2 heterocycles. The number of esters is 1. The van der Waals surface area contributed by atoms with Gasteiger partial charge in [0.2, 0.25) is 0 Å². The number of rotatable bonds is 8. The van der Waals surface area contributed by atoms with E-state index < -0.39 is 23.5 Å². The Hall–Kier alpha value is -4.66. The predicted octanol–water partition coefficient (Wildman–Crippen LogP) is 3.83. The van der Waals surface area contributed by atoms with Crippen LogP contribution in [0, 0.1) is 0 Å². The van der Waals surface area contributed by atoms with Crippen LogP contribution >= 0.6 is 0 Å². The number of ketones is 1. The number of aliphatic hydroxyl groups excluding tert-OH is 1. The molecule has 9 heteroatoms. The number of ether oxygens (including phenoxy) is 3. The Morgan fingerprint density at radius 3 is 2.32 bits per heavy atom. The van der Waals surface area contributed by atoms with Crippen LogP contribution in [0.5, 0.6) is 11.5 Å². The summed E-state index contributed by atoms with van der Waals surface area (Å²) in [6, 6.07) is 13.9. The Bertz CT molecular complexity index is 1350. The van der Waals surface area contributed by atoms with Crippen LogP contribution in [0.15, 0.2) is 72.6 Å². The number of aliphatic hydroxyl groups is 1. The largest absolute Gasteiger partial charge is 0.507 e. The van der Waals surface area contributed by atoms with Crippen molar-refractivity contribution in [3.63, 3.8) is 0 Å². The lowest BCUT2D eigenvalue weighted by molar-refractivity contribution is -0.142. The highest BCUT2D eigenvalue weighted by atomic mass is 16.5. The number of amides is 1. The lowest BCUT2D eigenvalue weighted by Crippen LogP contribution is -2.29. The summed E-state index contributed by atoms with van der Waals surface area (Å²) in [6.07, 6.45) is 3.17. The molecule has 1 amide bonds. The average molecular weight is 503 g/mol. The quantitative estimate of drug-likeness (QED) is 0.214. The summed E-state index contributed by atoms with van der Waals surface area (Å²) in [6.45, 7) is 2.02. The first-order valence-electron chi connectivity index (χ1n) is 11.6. The molecule has 1 aromatic heterocycles. The number of anilines is 1. The Balaban J connectivity index is 1.84. The van der Waals surface area contributed by atoms with Gasteiger partial charge in [0.05, 0.1) is 44.4 Å². The van der Waals surface area contributed by atoms with E-state index in [1.165, 1.54) is 25.2 Å². The van der Waals surface area contributed by atoms with Gasteiger partial charge in [-0.25, -0.2) is 0 Å². The van der Waals surface area contributed by atoms with Gasteiger partial charge in [-0.15, -0.1) is 0 Å². The molecule has 1 unspecified atom stereocenters. The Kier molecular flexibility index (Phi) is 7.52. The molecule has 0 spiro atoms. The summed E-state index contributed by atoms with van der Waals surface area (Å²) >= 11 is 0. The number of Topliss-reactive ketones (excluding diaryl/α,β-unsaturated/α-hetero) is 1. The molecule has 3 aromatic rings. The fraction of sp³-hybridized carbons (Fsp3) is 0.214. The number of aromatic nitrogens is 1. The molecule has 4 rings (SSSR count). The molecule has 0 radical (unpaired) electrons. The Morgan fingerprint density at radius 1 is 1.00 bits per heavy atom. The zero-order valence-corrected chi connectivity index (χ0v) is 20.6. The number of carbonyl (C=O) groups excluding carboxylic acids is 3. The van der Waals surface area contributed by atoms with E-state index in [0.29, 0.717) is 28.3 Å². The van der Waals surface area contributed by atoms with Gasteiger partial charge in [-0.05, 0) is 60.5 Å². The number of benzene rings is 2. The predicted molar refractivity (Wildman–Crippen MR) is 135 cm³/mol. The minimum Gasteiger partial charge on any atom is -0.507 e. The Morgan fingerprint density at radius 2 is 1.70 bits per heavy atom. The van der Waals surface area contributed by atoms with Gasteiger partial charge in [0.25, 0.3) is 11.7 Å². The molecule has 0 saturated carbocycles. The van der Waals surface area contributed by atoms with Gasteiger partial charge >= 0.3 is 5.97 Å². The molecule has 190 valence electrons. The molecule has 1 saturated heterocycles. The zero-order chi connectivity index (χ0) is 26.5. The smallest absolute Gasteiger partial charge is 0.310 e. The number of pyridine rings is 1. The molecule has 0 bridgehead atoms. The summed E-state index contributed by atoms with van der Waals surface area (Å²) in [4.78, 5) is 43.9. The third kappa shape index (κ3) is 5.02. The molecule has 37 heavy (non-hydrogen) atoms. The first-order chi connectivity index (χ1) is 17.9. The number of nitrogens with zero attached hydrogens (tertiary/aromatic N) is 2. The van der Waals surface area contributed by atoms with E-state index in [1.54, 1.807) is 67.8 Å². The summed E-state index contributed by atoms with van der Waals surface area (Å²) in [5.41, 5.74) is 1.81. The fourth-order valence-corrected chi connectivity index (χ4v) is 4.26. The van der Waals surface area contributed by atoms with Gasteiger partial charge in [0, 0.05) is 18.1 Å². The van der Waals surface area contributed by atoms with Crippen molar-refractivity contribution in [2.24, 2.45) is 0 Å². The first kappa shape index (κ1) is 25.4. The van der Waals surface area contributed by atoms with E-state index in [9.17, 15) is 19.5 Å². The van der Waals surface area contributed by atoms with Crippen LogP contribution in [0.1, 0.15) is 29.7 Å². The highest BCUT2D eigenvalue weighted by molar-refractivity contribution is 6.51. The van der Waals surface area contributed by atoms with Gasteiger partial charge in [0.15, 0.2) is 0 Å². The molecule has 1 aliphatic rings. The van der Waals surface area contributed by atoms with Crippen LogP contribution in [0.2, 0.25) is 0 Å². The molecule has 9 nitrogen and oxygen atoms in total. The number of carbonyl (C=O) groups is 3. The minimum absolute atomic E-state index is 0.0797. The van der Waals surface area contributed by atoms with Crippen LogP contribution in [0.3, 0.4) is 0 Å². The van der Waals surface area contributed by atoms with Gasteiger partial charge in [-0.1, -0.05) is 12.1 Å². The second kappa shape index (κ2) is 10.9. The molecule has 1 aliphatic heterocycles. The van der Waals surface area contributed by atoms with Crippen molar-refractivity contribution in [2.75, 3.05) is 25.7 Å². The van der Waals surface area contributed by atoms with Gasteiger partial charge < -0.3 is 19.3 Å². The van der Waals surface area contributed by atoms with Crippen molar-refractivity contribution in [1.29, 1.82) is 0 Å². The standard InChI is InChI=1S/C28H26N2O7/c1-4-37-23(31)15-17-5-7-19(8-6-17)30-25(18-11-13-29-14-12-18)24(27(33)28(30)34)26(32)21-16-20(35-2)9-10-22(21)36-3/h5-14,16,25,32H,4,15H2,1-3H3/b26-24+. The molecule has 0 aliphatic carbocycles. The second-order valence-corrected chi connectivity index (χ2v) is 8.16. The number of methoxy groups -OCH3 is 2. The van der Waals surface area contributed by atoms with Crippen molar-refractivity contribution in [2.45, 2.75) is 19.4 Å². The van der Waals surface area contributed by atoms with E-state index in [-0.39, 0.29) is 30.1 Å². The van der Waals surface area contributed by atoms with Gasteiger partial charge in [-0.2, -0.15) is 0 Å². The maximum Gasteiger partial charge on any atom is 0.310 e. The van der Waals surface area contributed by atoms with E-state index in [4.69, 9.17) is 14.2 Å². The highest BCUT2D eigenvalue weighted by Crippen LogP contribution is 2.43. The average Bonchev–Trinajstić information content (AvgIpc) is 3.19. The third-order valence-corrected chi connectivity index (χ3v) is 6.00. The molecule has 1 N–H and O–H groups in total. The maximum atomic E-state index is 13.4. The number of hydrogen-bond acceptors (Lipinski definition) is 8. The van der Waals surface area contributed by atoms with Crippen molar-refractivity contribution < 1.29 is 33.7 Å². The Labute approximate surface area is 213 Å². The summed E-state index contributed by atoms with van der Waals surface area (Å²) in [7, 11) is 2.92. The summed E-state index contributed by atoms with van der Waals surface area (Å²) in [5, 5.41) is 11.4. The molecule has 1 atom stereocenters. The van der Waals surface area contributed by atoms with E-state index in [0.717, 1.165) is 0 Å². The van der Waals surface area contributed by atoms with E-state index >= 15 is 0 Å². The molecule has 2 aromatic carbocycles. The van der Waals surface area contributed by atoms with Crippen LogP contribution in [-0.4, -0.2) is 48.6 Å². The van der Waals surface area contributed by atoms with Crippen molar-refractivity contribution in [1.82, 2.24) is 4.98 Å². The first-order valence-corrected chi connectivity index (χ1v) is 11.6. The topological polar surface area (TPSA) is 115 Å². The van der Waals surface area contributed by atoms with E-state index in [2.05, 4.69) is 4.98 Å². The fourth-order valence-electron chi connectivity index (χ4n) is 4.26. The lowest BCUT2D eigenvalue weighted by Gasteiger charge is -2.25. The summed E-state index contributed by atoms with van der Waals surface area (Å²) in [5.74, 6) is -1.66. The van der Waals surface area contributed by atoms with Crippen LogP contribution < -0.4 is 14.4 Å². The van der Waals surface area contributed by atoms with Gasteiger partial charge in [0.1, 0.15) is 17.3 Å². The van der Waals surface area contributed by atoms with E-state index in [1.807, 2.05) is 0 Å². The lowest BCUT2D eigenvalue weighted by atomic mass is 9.95. The van der Waals surface area contributed by atoms with Crippen LogP contribution in [0.4, 0.5) is 5.69 Å². The number of hydrogen-bond donors (Lipinski definition) is 1. The normalized spacial score (nSPS) is 16.5. The third-order valence-electron chi connectivity index (χ3n) is 6.00.